The second kappa shape index (κ2) is 6.02. The summed E-state index contributed by atoms with van der Waals surface area (Å²) in [6.07, 6.45) is 0. The van der Waals surface area contributed by atoms with E-state index in [1.165, 1.54) is 0 Å². The summed E-state index contributed by atoms with van der Waals surface area (Å²) in [5.74, 6) is 0.392. The number of aryl methyl sites for hydroxylation is 1. The zero-order valence-electron chi connectivity index (χ0n) is 11.1. The van der Waals surface area contributed by atoms with Gasteiger partial charge in [-0.2, -0.15) is 0 Å². The molecule has 106 valence electrons. The molecule has 0 amide bonds. The van der Waals surface area contributed by atoms with Crippen LogP contribution in [-0.2, 0) is 6.54 Å². The topological polar surface area (TPSA) is 39.1 Å². The van der Waals surface area contributed by atoms with Gasteiger partial charge < -0.3 is 0 Å². The van der Waals surface area contributed by atoms with Crippen LogP contribution in [0.1, 0.15) is 15.9 Å². The van der Waals surface area contributed by atoms with E-state index < -0.39 is 0 Å². The molecule has 0 saturated heterocycles. The molecule has 0 saturated carbocycles. The molecule has 2 aromatic carbocycles. The van der Waals surface area contributed by atoms with Crippen molar-refractivity contribution in [3.8, 4) is 0 Å². The van der Waals surface area contributed by atoms with Crippen molar-refractivity contribution in [1.82, 2.24) is 4.57 Å². The third-order valence-electron chi connectivity index (χ3n) is 3.27. The van der Waals surface area contributed by atoms with E-state index in [2.05, 4.69) is 0 Å². The molecule has 0 fully saturated rings. The Morgan fingerprint density at radius 3 is 2.57 bits per heavy atom. The minimum atomic E-state index is -0.269. The van der Waals surface area contributed by atoms with Crippen LogP contribution in [0.25, 0.3) is 9.78 Å². The average molecular weight is 365 g/mol. The number of alkyl halides is 1. The fourth-order valence-corrected chi connectivity index (χ4v) is 4.44. The predicted molar refractivity (Wildman–Crippen MR) is 85.7 cm³/mol. The first-order valence-corrected chi connectivity index (χ1v) is 8.74. The molecule has 1 heterocycles. The van der Waals surface area contributed by atoms with Gasteiger partial charge in [-0.25, -0.2) is 0 Å². The van der Waals surface area contributed by atoms with Gasteiger partial charge in [0.1, 0.15) is 0 Å². The van der Waals surface area contributed by atoms with Crippen molar-refractivity contribution in [2.75, 3.05) is 5.88 Å². The van der Waals surface area contributed by atoms with Crippen LogP contribution >= 0.6 is 11.6 Å². The van der Waals surface area contributed by atoms with E-state index in [0.717, 1.165) is 9.78 Å². The van der Waals surface area contributed by atoms with Crippen molar-refractivity contribution in [1.29, 1.82) is 0 Å². The van der Waals surface area contributed by atoms with Crippen molar-refractivity contribution in [3.63, 3.8) is 0 Å². The number of ketones is 1. The summed E-state index contributed by atoms with van der Waals surface area (Å²) >= 11 is 5.46. The Morgan fingerprint density at radius 2 is 1.86 bits per heavy atom. The number of halogens is 1. The molecular weight excluding hydrogens is 353 g/mol. The van der Waals surface area contributed by atoms with Gasteiger partial charge in [0.05, 0.1) is 0 Å². The Labute approximate surface area is 132 Å². The molecule has 5 heteroatoms. The van der Waals surface area contributed by atoms with Gasteiger partial charge in [0, 0.05) is 0 Å². The molecule has 0 bridgehead atoms. The van der Waals surface area contributed by atoms with Crippen LogP contribution in [0.3, 0.4) is 0 Å². The molecule has 0 aliphatic heterocycles. The zero-order chi connectivity index (χ0) is 14.8. The van der Waals surface area contributed by atoms with Crippen molar-refractivity contribution >= 4 is 41.7 Å². The number of rotatable bonds is 4. The van der Waals surface area contributed by atoms with E-state index in [9.17, 15) is 9.59 Å². The Morgan fingerprint density at radius 1 is 1.10 bits per heavy atom. The van der Waals surface area contributed by atoms with E-state index in [4.69, 9.17) is 11.6 Å². The summed E-state index contributed by atoms with van der Waals surface area (Å²) in [6.45, 7) is 0.515. The van der Waals surface area contributed by atoms with Crippen molar-refractivity contribution in [3.05, 3.63) is 68.9 Å². The van der Waals surface area contributed by atoms with Crippen molar-refractivity contribution in [2.45, 2.75) is 6.54 Å². The summed E-state index contributed by atoms with van der Waals surface area (Å²) < 4.78 is 2.76. The summed E-state index contributed by atoms with van der Waals surface area (Å²) in [7, 11) is 0. The van der Waals surface area contributed by atoms with Crippen LogP contribution in [0.5, 0.6) is 0 Å². The number of carbonyl (C=O) groups is 1. The van der Waals surface area contributed by atoms with Gasteiger partial charge >= 0.3 is 132 Å². The third kappa shape index (κ3) is 2.75. The first kappa shape index (κ1) is 14.3. The van der Waals surface area contributed by atoms with Crippen LogP contribution in [0.2, 0.25) is 0 Å². The molecular formula is C16H12ClNO2Se. The molecule has 3 aromatic rings. The second-order valence-corrected chi connectivity index (χ2v) is 7.05. The summed E-state index contributed by atoms with van der Waals surface area (Å²) in [5.41, 5.74) is 2.18. The van der Waals surface area contributed by atoms with Gasteiger partial charge in [-0.3, -0.25) is 0 Å². The number of benzene rings is 2. The van der Waals surface area contributed by atoms with E-state index in [1.807, 2.05) is 30.3 Å². The normalized spacial score (nSPS) is 10.9. The SMILES string of the molecule is O=C(c1ccccc1)c1ccc2c(c1)[se]c(=O)n2CCCl. The molecule has 1 aromatic heterocycles. The molecule has 0 unspecified atom stereocenters. The Hall–Kier alpha value is -1.61. The average Bonchev–Trinajstić information content (AvgIpc) is 2.83. The molecule has 0 radical (unpaired) electrons. The van der Waals surface area contributed by atoms with Crippen molar-refractivity contribution in [2.24, 2.45) is 0 Å². The molecule has 0 atom stereocenters. The number of hydrogen-bond donors (Lipinski definition) is 0. The fourth-order valence-electron chi connectivity index (χ4n) is 2.26. The fraction of sp³-hybridized carbons (Fsp3) is 0.125. The third-order valence-corrected chi connectivity index (χ3v) is 5.42. The number of fused-ring (bicyclic) bond motifs is 1. The molecule has 0 spiro atoms. The monoisotopic (exact) mass is 365 g/mol. The Kier molecular flexibility index (Phi) is 4.11. The predicted octanol–water partition coefficient (Wildman–Crippen LogP) is 2.53. The van der Waals surface area contributed by atoms with E-state index in [-0.39, 0.29) is 24.7 Å². The van der Waals surface area contributed by atoms with E-state index in [0.29, 0.717) is 23.6 Å². The first-order valence-electron chi connectivity index (χ1n) is 6.50. The van der Waals surface area contributed by atoms with Gasteiger partial charge in [0.25, 0.3) is 0 Å². The Bertz CT molecular complexity index is 852. The standard InChI is InChI=1S/C16H12ClNO2Se/c17-8-9-18-13-7-6-12(10-14(13)21-16(18)20)15(19)11-4-2-1-3-5-11/h1-7,10H,8-9H2. The Balaban J connectivity index is 2.06. The number of nitrogens with zero attached hydrogens (tertiary/aromatic N) is 1. The number of hydrogen-bond acceptors (Lipinski definition) is 2. The number of carbonyl (C=O) groups excluding carboxylic acids is 1. The van der Waals surface area contributed by atoms with Gasteiger partial charge in [-0.1, -0.05) is 0 Å². The van der Waals surface area contributed by atoms with Crippen LogP contribution in [0, 0.1) is 0 Å². The van der Waals surface area contributed by atoms with E-state index in [1.54, 1.807) is 22.8 Å². The van der Waals surface area contributed by atoms with Gasteiger partial charge in [0.15, 0.2) is 0 Å². The molecule has 0 aliphatic rings. The molecule has 0 N–H and O–H groups in total. The minimum absolute atomic E-state index is 0.0163. The second-order valence-electron chi connectivity index (χ2n) is 4.59. The van der Waals surface area contributed by atoms with Crippen LogP contribution in [-0.4, -0.2) is 30.7 Å². The number of aromatic nitrogens is 1. The maximum atomic E-state index is 12.4. The molecule has 21 heavy (non-hydrogen) atoms. The quantitative estimate of drug-likeness (QED) is 0.405. The van der Waals surface area contributed by atoms with Gasteiger partial charge in [0.2, 0.25) is 0 Å². The van der Waals surface area contributed by atoms with Crippen LogP contribution < -0.4 is 4.43 Å². The summed E-state index contributed by atoms with van der Waals surface area (Å²) in [5, 5.41) is 0. The zero-order valence-corrected chi connectivity index (χ0v) is 13.6. The van der Waals surface area contributed by atoms with Gasteiger partial charge in [-0.15, -0.1) is 0 Å². The summed E-state index contributed by atoms with van der Waals surface area (Å²) in [6, 6.07) is 14.6. The molecule has 3 nitrogen and oxygen atoms in total. The molecule has 0 aliphatic carbocycles. The van der Waals surface area contributed by atoms with Crippen LogP contribution in [0.4, 0.5) is 0 Å². The van der Waals surface area contributed by atoms with Gasteiger partial charge in [-0.05, 0) is 0 Å². The molecule has 3 rings (SSSR count). The summed E-state index contributed by atoms with van der Waals surface area (Å²) in [4.78, 5) is 24.4. The first-order chi connectivity index (χ1) is 10.2. The van der Waals surface area contributed by atoms with E-state index >= 15 is 0 Å². The van der Waals surface area contributed by atoms with Crippen molar-refractivity contribution < 1.29 is 4.79 Å². The van der Waals surface area contributed by atoms with Crippen LogP contribution in [0.15, 0.2) is 53.3 Å². The maximum absolute atomic E-state index is 12.4.